The quantitative estimate of drug-likeness (QED) is 0.480. The maximum Gasteiger partial charge on any atom is 0.294 e. The van der Waals surface area contributed by atoms with Crippen LogP contribution in [-0.4, -0.2) is 25.2 Å². The number of ether oxygens (including phenoxy) is 1. The van der Waals surface area contributed by atoms with Crippen LogP contribution >= 0.6 is 8.58 Å². The van der Waals surface area contributed by atoms with Gasteiger partial charge in [-0.2, -0.15) is 8.42 Å². The van der Waals surface area contributed by atoms with Crippen molar-refractivity contribution in [1.29, 1.82) is 0 Å². The third-order valence-corrected chi connectivity index (χ3v) is 6.08. The lowest BCUT2D eigenvalue weighted by Gasteiger charge is -2.04. The Kier molecular flexibility index (Phi) is 8.00. The number of aryl methyl sites for hydroxylation is 1. The van der Waals surface area contributed by atoms with E-state index in [1.165, 1.54) is 23.0 Å². The first-order valence-corrected chi connectivity index (χ1v) is 11.1. The van der Waals surface area contributed by atoms with Gasteiger partial charge < -0.3 is 9.84 Å². The zero-order chi connectivity index (χ0) is 20.6. The van der Waals surface area contributed by atoms with Crippen LogP contribution < -0.4 is 10.0 Å². The lowest BCUT2D eigenvalue weighted by atomic mass is 10.2. The molecule has 0 saturated heterocycles. The van der Waals surface area contributed by atoms with Crippen LogP contribution in [0.5, 0.6) is 11.5 Å². The summed E-state index contributed by atoms with van der Waals surface area (Å²) in [5.41, 5.74) is 1.92. The Morgan fingerprint density at radius 2 is 1.61 bits per heavy atom. The van der Waals surface area contributed by atoms with Gasteiger partial charge in [0, 0.05) is 6.07 Å². The monoisotopic (exact) mass is 418 g/mol. The van der Waals surface area contributed by atoms with E-state index in [0.29, 0.717) is 5.56 Å². The van der Waals surface area contributed by atoms with E-state index in [-0.39, 0.29) is 10.6 Å². The molecule has 0 aliphatic rings. The average Bonchev–Trinajstić information content (AvgIpc) is 2.69. The number of rotatable bonds is 5. The van der Waals surface area contributed by atoms with Crippen molar-refractivity contribution in [3.05, 3.63) is 83.9 Å². The second-order valence-corrected chi connectivity index (χ2v) is 8.70. The maximum absolute atomic E-state index is 10.5. The Hall–Kier alpha value is -2.40. The van der Waals surface area contributed by atoms with Gasteiger partial charge in [0.15, 0.2) is 0 Å². The third-order valence-electron chi connectivity index (χ3n) is 3.91. The number of benzene rings is 3. The average molecular weight is 418 g/mol. The second-order valence-electron chi connectivity index (χ2n) is 5.99. The van der Waals surface area contributed by atoms with Gasteiger partial charge in [0.2, 0.25) is 0 Å². The minimum absolute atomic E-state index is 0.148. The highest BCUT2D eigenvalue weighted by atomic mass is 32.2. The molecule has 3 rings (SSSR count). The van der Waals surface area contributed by atoms with Crippen molar-refractivity contribution in [2.24, 2.45) is 0 Å². The number of aromatic hydroxyl groups is 1. The standard InChI is InChI=1S/C14H15OP.C7H8O4S/c1-15-13-9-7-12(8-10-13)11-16-14-5-3-2-4-6-14;1-5-2-3-6(4-7(5)8)12(9,10)11/h2-10,16H,11H2,1H3;2-4,8H,1H3,(H,9,10,11). The lowest BCUT2D eigenvalue weighted by molar-refractivity contribution is 0.414. The van der Waals surface area contributed by atoms with Crippen molar-refractivity contribution < 1.29 is 22.8 Å². The molecule has 0 bridgehead atoms. The summed E-state index contributed by atoms with van der Waals surface area (Å²) in [5.74, 6) is 0.775. The molecule has 0 radical (unpaired) electrons. The molecule has 3 aromatic rings. The Morgan fingerprint density at radius 3 is 2.14 bits per heavy atom. The molecule has 0 aromatic heterocycles. The molecule has 0 aliphatic heterocycles. The highest BCUT2D eigenvalue weighted by molar-refractivity contribution is 7.85. The number of methoxy groups -OCH3 is 1. The number of phenols is 1. The summed E-state index contributed by atoms with van der Waals surface area (Å²) in [6.07, 6.45) is 1.11. The van der Waals surface area contributed by atoms with E-state index < -0.39 is 10.1 Å². The second kappa shape index (κ2) is 10.2. The molecule has 7 heteroatoms. The van der Waals surface area contributed by atoms with E-state index in [9.17, 15) is 8.42 Å². The van der Waals surface area contributed by atoms with E-state index >= 15 is 0 Å². The lowest BCUT2D eigenvalue weighted by Crippen LogP contribution is -1.97. The molecule has 0 spiro atoms. The van der Waals surface area contributed by atoms with Crippen molar-refractivity contribution in [2.75, 3.05) is 7.11 Å². The molecule has 0 saturated carbocycles. The van der Waals surface area contributed by atoms with Gasteiger partial charge >= 0.3 is 0 Å². The van der Waals surface area contributed by atoms with Gasteiger partial charge in [-0.25, -0.2) is 0 Å². The summed E-state index contributed by atoms with van der Waals surface area (Å²) in [6, 6.07) is 22.6. The van der Waals surface area contributed by atoms with Crippen LogP contribution in [0.25, 0.3) is 0 Å². The molecule has 28 heavy (non-hydrogen) atoms. The molecule has 1 unspecified atom stereocenters. The van der Waals surface area contributed by atoms with Crippen LogP contribution in [0.15, 0.2) is 77.7 Å². The molecule has 0 aliphatic carbocycles. The van der Waals surface area contributed by atoms with E-state index in [4.69, 9.17) is 14.4 Å². The van der Waals surface area contributed by atoms with Crippen molar-refractivity contribution >= 4 is 24.0 Å². The van der Waals surface area contributed by atoms with Gasteiger partial charge in [0.05, 0.1) is 12.0 Å². The molecule has 5 nitrogen and oxygen atoms in total. The predicted octanol–water partition coefficient (Wildman–Crippen LogP) is 4.15. The zero-order valence-electron chi connectivity index (χ0n) is 15.7. The van der Waals surface area contributed by atoms with E-state index in [1.54, 1.807) is 14.0 Å². The Labute approximate surface area is 167 Å². The molecule has 0 fully saturated rings. The topological polar surface area (TPSA) is 83.8 Å². The Morgan fingerprint density at radius 1 is 0.964 bits per heavy atom. The fourth-order valence-electron chi connectivity index (χ4n) is 2.25. The van der Waals surface area contributed by atoms with Crippen molar-refractivity contribution in [1.82, 2.24) is 0 Å². The molecule has 2 N–H and O–H groups in total. The third kappa shape index (κ3) is 6.97. The summed E-state index contributed by atoms with van der Waals surface area (Å²) >= 11 is 0. The zero-order valence-corrected chi connectivity index (χ0v) is 17.5. The number of hydrogen-bond donors (Lipinski definition) is 2. The van der Waals surface area contributed by atoms with Gasteiger partial charge in [-0.05, 0) is 47.7 Å². The van der Waals surface area contributed by atoms with E-state index in [2.05, 4.69) is 42.5 Å². The van der Waals surface area contributed by atoms with Crippen LogP contribution in [0.2, 0.25) is 0 Å². The van der Waals surface area contributed by atoms with Gasteiger partial charge in [-0.1, -0.05) is 57.1 Å². The van der Waals surface area contributed by atoms with Gasteiger partial charge in [-0.15, -0.1) is 0 Å². The summed E-state index contributed by atoms with van der Waals surface area (Å²) in [4.78, 5) is -0.300. The van der Waals surface area contributed by atoms with E-state index in [0.717, 1.165) is 26.6 Å². The fraction of sp³-hybridized carbons (Fsp3) is 0.143. The SMILES string of the molecule is COc1ccc(CPc2ccccc2)cc1.Cc1ccc(S(=O)(=O)O)cc1O. The molecule has 0 amide bonds. The van der Waals surface area contributed by atoms with Crippen molar-refractivity contribution in [2.45, 2.75) is 18.0 Å². The highest BCUT2D eigenvalue weighted by Gasteiger charge is 2.10. The predicted molar refractivity (Wildman–Crippen MR) is 114 cm³/mol. The van der Waals surface area contributed by atoms with Crippen LogP contribution in [-0.2, 0) is 16.3 Å². The molecule has 148 valence electrons. The van der Waals surface area contributed by atoms with Gasteiger partial charge in [-0.3, -0.25) is 4.55 Å². The number of phenolic OH excluding ortho intramolecular Hbond substituents is 1. The summed E-state index contributed by atoms with van der Waals surface area (Å²) < 4.78 is 34.8. The molecular weight excluding hydrogens is 395 g/mol. The first-order valence-electron chi connectivity index (χ1n) is 8.48. The molecule has 1 atom stereocenters. The van der Waals surface area contributed by atoms with Crippen molar-refractivity contribution in [3.63, 3.8) is 0 Å². The minimum Gasteiger partial charge on any atom is -0.508 e. The van der Waals surface area contributed by atoms with Crippen LogP contribution in [0.3, 0.4) is 0 Å². The minimum atomic E-state index is -4.20. The Bertz CT molecular complexity index is 987. The molecular formula is C21H23O5PS. The van der Waals surface area contributed by atoms with Crippen LogP contribution in [0.4, 0.5) is 0 Å². The summed E-state index contributed by atoms with van der Waals surface area (Å²) in [7, 11) is -1.67. The first-order chi connectivity index (χ1) is 13.3. The summed E-state index contributed by atoms with van der Waals surface area (Å²) in [5, 5.41) is 10.5. The molecule has 0 heterocycles. The van der Waals surface area contributed by atoms with Gasteiger partial charge in [0.25, 0.3) is 10.1 Å². The maximum atomic E-state index is 10.5. The Balaban J connectivity index is 0.000000209. The smallest absolute Gasteiger partial charge is 0.294 e. The van der Waals surface area contributed by atoms with Crippen LogP contribution in [0.1, 0.15) is 11.1 Å². The molecule has 3 aromatic carbocycles. The normalized spacial score (nSPS) is 11.1. The highest BCUT2D eigenvalue weighted by Crippen LogP contribution is 2.21. The fourth-order valence-corrected chi connectivity index (χ4v) is 3.83. The first kappa shape index (κ1) is 21.9. The van der Waals surface area contributed by atoms with E-state index in [1.807, 2.05) is 12.1 Å². The summed E-state index contributed by atoms with van der Waals surface area (Å²) in [6.45, 7) is 1.63. The largest absolute Gasteiger partial charge is 0.508 e. The van der Waals surface area contributed by atoms with Crippen molar-refractivity contribution in [3.8, 4) is 11.5 Å². The van der Waals surface area contributed by atoms with Gasteiger partial charge in [0.1, 0.15) is 11.5 Å². The number of hydrogen-bond acceptors (Lipinski definition) is 4. The van der Waals surface area contributed by atoms with Crippen LogP contribution in [0, 0.1) is 6.92 Å².